The fraction of sp³-hybridized carbons (Fsp3) is 0.0556. The molecule has 0 bridgehead atoms. The SMILES string of the molecule is O=C(CSc1nncn1-c1cccc(Cl)c1)ON1C(=O)c2ccccc2C1=O. The van der Waals surface area contributed by atoms with Crippen LogP contribution in [0.5, 0.6) is 0 Å². The van der Waals surface area contributed by atoms with Crippen LogP contribution in [0.1, 0.15) is 20.7 Å². The first-order valence-electron chi connectivity index (χ1n) is 8.02. The lowest BCUT2D eigenvalue weighted by molar-refractivity contribution is -0.165. The van der Waals surface area contributed by atoms with Gasteiger partial charge < -0.3 is 4.84 Å². The van der Waals surface area contributed by atoms with E-state index in [0.29, 0.717) is 15.2 Å². The summed E-state index contributed by atoms with van der Waals surface area (Å²) in [5, 5.41) is 9.27. The topological polar surface area (TPSA) is 94.4 Å². The molecule has 8 nitrogen and oxygen atoms in total. The molecule has 28 heavy (non-hydrogen) atoms. The molecule has 0 unspecified atom stereocenters. The van der Waals surface area contributed by atoms with Crippen LogP contribution in [0.4, 0.5) is 0 Å². The highest BCUT2D eigenvalue weighted by atomic mass is 35.5. The third-order valence-electron chi connectivity index (χ3n) is 3.87. The maximum Gasteiger partial charge on any atom is 0.343 e. The molecule has 0 atom stereocenters. The van der Waals surface area contributed by atoms with Crippen molar-refractivity contribution in [3.63, 3.8) is 0 Å². The number of carbonyl (C=O) groups excluding carboxylic acids is 3. The Morgan fingerprint density at radius 2 is 1.79 bits per heavy atom. The van der Waals surface area contributed by atoms with E-state index in [2.05, 4.69) is 10.2 Å². The predicted octanol–water partition coefficient (Wildman–Crippen LogP) is 2.77. The minimum atomic E-state index is -0.764. The van der Waals surface area contributed by atoms with Gasteiger partial charge in [-0.2, -0.15) is 0 Å². The van der Waals surface area contributed by atoms with Gasteiger partial charge in [0, 0.05) is 5.02 Å². The molecule has 0 saturated heterocycles. The van der Waals surface area contributed by atoms with Crippen molar-refractivity contribution in [1.82, 2.24) is 19.8 Å². The molecule has 0 aliphatic carbocycles. The Hall–Kier alpha value is -3.17. The maximum atomic E-state index is 12.2. The minimum Gasteiger partial charge on any atom is -0.329 e. The Morgan fingerprint density at radius 3 is 2.46 bits per heavy atom. The molecule has 0 fully saturated rings. The van der Waals surface area contributed by atoms with Crippen molar-refractivity contribution in [2.75, 3.05) is 5.75 Å². The van der Waals surface area contributed by atoms with E-state index in [-0.39, 0.29) is 16.9 Å². The van der Waals surface area contributed by atoms with E-state index in [9.17, 15) is 14.4 Å². The highest BCUT2D eigenvalue weighted by Crippen LogP contribution is 2.24. The lowest BCUT2D eigenvalue weighted by Crippen LogP contribution is -2.33. The Morgan fingerprint density at radius 1 is 1.07 bits per heavy atom. The van der Waals surface area contributed by atoms with Crippen molar-refractivity contribution < 1.29 is 19.2 Å². The van der Waals surface area contributed by atoms with Crippen LogP contribution in [-0.4, -0.2) is 43.4 Å². The van der Waals surface area contributed by atoms with Gasteiger partial charge in [0.05, 0.1) is 16.8 Å². The van der Waals surface area contributed by atoms with Crippen LogP contribution < -0.4 is 0 Å². The molecular weight excluding hydrogens is 404 g/mol. The van der Waals surface area contributed by atoms with Gasteiger partial charge in [0.1, 0.15) is 12.1 Å². The monoisotopic (exact) mass is 414 g/mol. The van der Waals surface area contributed by atoms with Crippen LogP contribution in [-0.2, 0) is 9.63 Å². The molecule has 2 heterocycles. The smallest absolute Gasteiger partial charge is 0.329 e. The number of fused-ring (bicyclic) bond motifs is 1. The van der Waals surface area contributed by atoms with Gasteiger partial charge in [-0.3, -0.25) is 14.2 Å². The van der Waals surface area contributed by atoms with E-state index in [1.165, 1.54) is 18.5 Å². The van der Waals surface area contributed by atoms with Gasteiger partial charge >= 0.3 is 5.97 Å². The molecule has 2 aromatic carbocycles. The molecule has 1 aliphatic rings. The van der Waals surface area contributed by atoms with Gasteiger partial charge in [0.15, 0.2) is 5.16 Å². The first-order chi connectivity index (χ1) is 13.5. The summed E-state index contributed by atoms with van der Waals surface area (Å²) in [7, 11) is 0. The first kappa shape index (κ1) is 18.2. The van der Waals surface area contributed by atoms with Gasteiger partial charge in [-0.05, 0) is 30.3 Å². The number of imide groups is 1. The van der Waals surface area contributed by atoms with E-state index in [1.807, 2.05) is 6.07 Å². The average molecular weight is 415 g/mol. The van der Waals surface area contributed by atoms with Gasteiger partial charge in [0.2, 0.25) is 0 Å². The molecule has 0 spiro atoms. The summed E-state index contributed by atoms with van der Waals surface area (Å²) in [6.07, 6.45) is 1.49. The molecule has 0 saturated carbocycles. The van der Waals surface area contributed by atoms with E-state index >= 15 is 0 Å². The number of nitrogens with zero attached hydrogens (tertiary/aromatic N) is 4. The van der Waals surface area contributed by atoms with Crippen LogP contribution in [0.3, 0.4) is 0 Å². The molecule has 10 heteroatoms. The fourth-order valence-electron chi connectivity index (χ4n) is 2.63. The lowest BCUT2D eigenvalue weighted by Gasteiger charge is -2.12. The summed E-state index contributed by atoms with van der Waals surface area (Å²) < 4.78 is 1.66. The summed E-state index contributed by atoms with van der Waals surface area (Å²) in [6.45, 7) is 0. The molecule has 1 aliphatic heterocycles. The lowest BCUT2D eigenvalue weighted by atomic mass is 10.1. The van der Waals surface area contributed by atoms with Crippen molar-refractivity contribution in [2.24, 2.45) is 0 Å². The average Bonchev–Trinajstić information content (AvgIpc) is 3.26. The standard InChI is InChI=1S/C18H11ClN4O4S/c19-11-4-3-5-12(8-11)22-10-20-21-18(22)28-9-15(24)27-23-16(25)13-6-1-2-7-14(13)17(23)26/h1-8,10H,9H2. The fourth-order valence-corrected chi connectivity index (χ4v) is 3.51. The largest absolute Gasteiger partial charge is 0.343 e. The molecule has 0 N–H and O–H groups in total. The van der Waals surface area contributed by atoms with E-state index in [4.69, 9.17) is 16.4 Å². The number of aromatic nitrogens is 3. The molecule has 140 valence electrons. The van der Waals surface area contributed by atoms with Crippen LogP contribution in [0, 0.1) is 0 Å². The quantitative estimate of drug-likeness (QED) is 0.468. The second kappa shape index (κ2) is 7.45. The number of thioether (sulfide) groups is 1. The van der Waals surface area contributed by atoms with Crippen molar-refractivity contribution in [3.8, 4) is 5.69 Å². The van der Waals surface area contributed by atoms with Crippen molar-refractivity contribution in [1.29, 1.82) is 0 Å². The summed E-state index contributed by atoms with van der Waals surface area (Å²) in [5.74, 6) is -2.27. The van der Waals surface area contributed by atoms with Gasteiger partial charge in [0.25, 0.3) is 11.8 Å². The minimum absolute atomic E-state index is 0.174. The van der Waals surface area contributed by atoms with Gasteiger partial charge in [-0.1, -0.05) is 46.6 Å². The van der Waals surface area contributed by atoms with Gasteiger partial charge in [-0.25, -0.2) is 4.79 Å². The summed E-state index contributed by atoms with van der Waals surface area (Å²) in [5.41, 5.74) is 1.14. The van der Waals surface area contributed by atoms with Crippen molar-refractivity contribution in [2.45, 2.75) is 5.16 Å². The van der Waals surface area contributed by atoms with Crippen LogP contribution in [0.25, 0.3) is 5.69 Å². The number of hydrogen-bond acceptors (Lipinski definition) is 7. The highest BCUT2D eigenvalue weighted by Gasteiger charge is 2.38. The first-order valence-corrected chi connectivity index (χ1v) is 9.38. The molecular formula is C18H11ClN4O4S. The van der Waals surface area contributed by atoms with Gasteiger partial charge in [-0.15, -0.1) is 10.2 Å². The van der Waals surface area contributed by atoms with Crippen molar-refractivity contribution >= 4 is 41.1 Å². The Labute approximate surface area is 168 Å². The van der Waals surface area contributed by atoms with E-state index in [0.717, 1.165) is 17.4 Å². The zero-order valence-corrected chi connectivity index (χ0v) is 15.7. The number of hydroxylamine groups is 2. The second-order valence-corrected chi connectivity index (χ2v) is 7.04. The third kappa shape index (κ3) is 3.37. The summed E-state index contributed by atoms with van der Waals surface area (Å²) in [4.78, 5) is 41.6. The van der Waals surface area contributed by atoms with Crippen LogP contribution in [0.2, 0.25) is 5.02 Å². The van der Waals surface area contributed by atoms with Crippen molar-refractivity contribution in [3.05, 3.63) is 71.0 Å². The molecule has 2 amide bonds. The number of rotatable bonds is 5. The molecule has 1 aromatic heterocycles. The third-order valence-corrected chi connectivity index (χ3v) is 5.02. The summed E-state index contributed by atoms with van der Waals surface area (Å²) >= 11 is 7.05. The highest BCUT2D eigenvalue weighted by molar-refractivity contribution is 7.99. The zero-order chi connectivity index (χ0) is 19.7. The molecule has 4 rings (SSSR count). The van der Waals surface area contributed by atoms with Crippen LogP contribution >= 0.6 is 23.4 Å². The normalized spacial score (nSPS) is 13.0. The summed E-state index contributed by atoms with van der Waals surface area (Å²) in [6, 6.07) is 13.3. The number of halogens is 1. The number of carbonyl (C=O) groups is 3. The zero-order valence-electron chi connectivity index (χ0n) is 14.1. The Balaban J connectivity index is 1.42. The number of benzene rings is 2. The maximum absolute atomic E-state index is 12.2. The van der Waals surface area contributed by atoms with E-state index < -0.39 is 17.8 Å². The number of amides is 2. The predicted molar refractivity (Wildman–Crippen MR) is 100 cm³/mol. The molecule has 0 radical (unpaired) electrons. The van der Waals surface area contributed by atoms with Crippen LogP contribution in [0.15, 0.2) is 60.0 Å². The number of hydrogen-bond donors (Lipinski definition) is 0. The Bertz CT molecular complexity index is 1070. The molecule has 3 aromatic rings. The second-order valence-electron chi connectivity index (χ2n) is 5.67. The van der Waals surface area contributed by atoms with E-state index in [1.54, 1.807) is 34.9 Å². The Kier molecular flexibility index (Phi) is 4.84.